The summed E-state index contributed by atoms with van der Waals surface area (Å²) in [5.41, 5.74) is 1.65. The zero-order valence-corrected chi connectivity index (χ0v) is 10.5. The first-order valence-electron chi connectivity index (χ1n) is 5.37. The Morgan fingerprint density at radius 3 is 2.78 bits per heavy atom. The molecule has 18 heavy (non-hydrogen) atoms. The van der Waals surface area contributed by atoms with Gasteiger partial charge < -0.3 is 10.1 Å². The maximum Gasteiger partial charge on any atom is 0.212 e. The third-order valence-corrected chi connectivity index (χ3v) is 2.73. The van der Waals surface area contributed by atoms with E-state index in [0.717, 1.165) is 5.56 Å². The van der Waals surface area contributed by atoms with E-state index >= 15 is 0 Å². The van der Waals surface area contributed by atoms with E-state index in [0.29, 0.717) is 18.1 Å². The lowest BCUT2D eigenvalue weighted by Crippen LogP contribution is -2.00. The monoisotopic (exact) mass is 266 g/mol. The van der Waals surface area contributed by atoms with Crippen LogP contribution < -0.4 is 10.1 Å². The molecule has 0 aliphatic heterocycles. The van der Waals surface area contributed by atoms with Gasteiger partial charge in [0.25, 0.3) is 0 Å². The topological polar surface area (TPSA) is 34.1 Å². The molecule has 2 rings (SSSR count). The molecule has 1 aromatic carbocycles. The Hall–Kier alpha value is -1.81. The van der Waals surface area contributed by atoms with Crippen molar-refractivity contribution < 1.29 is 9.13 Å². The van der Waals surface area contributed by atoms with Crippen molar-refractivity contribution in [1.29, 1.82) is 0 Å². The second-order valence-corrected chi connectivity index (χ2v) is 4.10. The molecule has 1 aromatic heterocycles. The number of halogens is 2. The lowest BCUT2D eigenvalue weighted by Gasteiger charge is -2.07. The third kappa shape index (κ3) is 3.11. The zero-order valence-electron chi connectivity index (χ0n) is 9.78. The average molecular weight is 267 g/mol. The zero-order chi connectivity index (χ0) is 13.0. The van der Waals surface area contributed by atoms with Gasteiger partial charge in [-0.3, -0.25) is 0 Å². The van der Waals surface area contributed by atoms with Crippen LogP contribution in [0.1, 0.15) is 5.56 Å². The van der Waals surface area contributed by atoms with Gasteiger partial charge in [-0.05, 0) is 23.8 Å². The Labute approximate surface area is 110 Å². The van der Waals surface area contributed by atoms with Crippen molar-refractivity contribution in [3.8, 4) is 5.88 Å². The smallest absolute Gasteiger partial charge is 0.212 e. The first-order valence-corrected chi connectivity index (χ1v) is 5.74. The minimum Gasteiger partial charge on any atom is -0.481 e. The number of benzene rings is 1. The summed E-state index contributed by atoms with van der Waals surface area (Å²) >= 11 is 5.60. The highest BCUT2D eigenvalue weighted by molar-refractivity contribution is 6.30. The number of hydrogen-bond acceptors (Lipinski definition) is 3. The molecule has 2 aromatic rings. The van der Waals surface area contributed by atoms with E-state index in [-0.39, 0.29) is 5.02 Å². The van der Waals surface area contributed by atoms with Gasteiger partial charge in [-0.2, -0.15) is 0 Å². The van der Waals surface area contributed by atoms with Gasteiger partial charge in [-0.15, -0.1) is 0 Å². The summed E-state index contributed by atoms with van der Waals surface area (Å²) in [6.45, 7) is 0.554. The number of aromatic nitrogens is 1. The maximum absolute atomic E-state index is 13.2. The van der Waals surface area contributed by atoms with Gasteiger partial charge in [-0.1, -0.05) is 17.7 Å². The molecule has 0 fully saturated rings. The summed E-state index contributed by atoms with van der Waals surface area (Å²) in [6.07, 6.45) is 1.71. The fraction of sp³-hybridized carbons (Fsp3) is 0.154. The van der Waals surface area contributed by atoms with Crippen molar-refractivity contribution >= 4 is 17.3 Å². The van der Waals surface area contributed by atoms with E-state index in [4.69, 9.17) is 16.3 Å². The van der Waals surface area contributed by atoms with E-state index in [1.807, 2.05) is 6.07 Å². The van der Waals surface area contributed by atoms with Crippen LogP contribution >= 0.6 is 11.6 Å². The molecular formula is C13H12ClFN2O. The van der Waals surface area contributed by atoms with Crippen LogP contribution in [0, 0.1) is 5.82 Å². The number of nitrogens with zero attached hydrogens (tertiary/aromatic N) is 1. The summed E-state index contributed by atoms with van der Waals surface area (Å²) in [5, 5.41) is 3.20. The Kier molecular flexibility index (Phi) is 3.99. The molecule has 5 heteroatoms. The van der Waals surface area contributed by atoms with Crippen molar-refractivity contribution in [1.82, 2.24) is 4.98 Å². The van der Waals surface area contributed by atoms with Gasteiger partial charge in [0.2, 0.25) is 5.88 Å². The van der Waals surface area contributed by atoms with Gasteiger partial charge in [0, 0.05) is 24.5 Å². The van der Waals surface area contributed by atoms with E-state index in [1.54, 1.807) is 25.4 Å². The second kappa shape index (κ2) is 5.69. The largest absolute Gasteiger partial charge is 0.481 e. The second-order valence-electron chi connectivity index (χ2n) is 3.69. The van der Waals surface area contributed by atoms with Crippen LogP contribution in [0.2, 0.25) is 5.02 Å². The quantitative estimate of drug-likeness (QED) is 0.920. The number of nitrogens with one attached hydrogen (secondary N) is 1. The molecule has 0 unspecified atom stereocenters. The fourth-order valence-corrected chi connectivity index (χ4v) is 1.56. The molecule has 0 bridgehead atoms. The highest BCUT2D eigenvalue weighted by Gasteiger charge is 2.01. The molecular weight excluding hydrogens is 255 g/mol. The van der Waals surface area contributed by atoms with Gasteiger partial charge in [0.15, 0.2) is 0 Å². The highest BCUT2D eigenvalue weighted by Crippen LogP contribution is 2.19. The first-order chi connectivity index (χ1) is 8.69. The van der Waals surface area contributed by atoms with Crippen molar-refractivity contribution in [2.75, 3.05) is 12.4 Å². The van der Waals surface area contributed by atoms with E-state index in [9.17, 15) is 4.39 Å². The Morgan fingerprint density at radius 2 is 2.17 bits per heavy atom. The fourth-order valence-electron chi connectivity index (χ4n) is 1.45. The molecule has 0 saturated heterocycles. The number of ether oxygens (including phenoxy) is 1. The average Bonchev–Trinajstić information content (AvgIpc) is 2.41. The lowest BCUT2D eigenvalue weighted by molar-refractivity contribution is 0.397. The molecule has 1 N–H and O–H groups in total. The van der Waals surface area contributed by atoms with Gasteiger partial charge in [0.05, 0.1) is 12.1 Å². The molecule has 1 heterocycles. The lowest BCUT2D eigenvalue weighted by atomic mass is 10.2. The molecule has 94 valence electrons. The molecule has 0 atom stereocenters. The normalized spacial score (nSPS) is 10.2. The van der Waals surface area contributed by atoms with Crippen LogP contribution in [0.15, 0.2) is 36.5 Å². The minimum atomic E-state index is -0.436. The number of rotatable bonds is 4. The summed E-state index contributed by atoms with van der Waals surface area (Å²) in [6, 6.07) is 8.28. The van der Waals surface area contributed by atoms with Crippen molar-refractivity contribution in [2.45, 2.75) is 6.54 Å². The molecule has 0 radical (unpaired) electrons. The summed E-state index contributed by atoms with van der Waals surface area (Å²) in [4.78, 5) is 4.08. The number of methoxy groups -OCH3 is 1. The third-order valence-electron chi connectivity index (χ3n) is 2.42. The van der Waals surface area contributed by atoms with Crippen LogP contribution in [0.4, 0.5) is 10.1 Å². The SMILES string of the molecule is COc1ccc(CNc2ccc(Cl)c(F)c2)cn1. The molecule has 0 saturated carbocycles. The van der Waals surface area contributed by atoms with Crippen LogP contribution in [0.5, 0.6) is 5.88 Å². The predicted octanol–water partition coefficient (Wildman–Crippen LogP) is 3.49. The molecule has 0 aliphatic rings. The van der Waals surface area contributed by atoms with Gasteiger partial charge in [-0.25, -0.2) is 9.37 Å². The minimum absolute atomic E-state index is 0.117. The van der Waals surface area contributed by atoms with Crippen LogP contribution in [0.3, 0.4) is 0 Å². The first kappa shape index (κ1) is 12.6. The van der Waals surface area contributed by atoms with Crippen LogP contribution in [-0.4, -0.2) is 12.1 Å². The van der Waals surface area contributed by atoms with E-state index in [1.165, 1.54) is 12.1 Å². The van der Waals surface area contributed by atoms with Crippen molar-refractivity contribution in [2.24, 2.45) is 0 Å². The maximum atomic E-state index is 13.2. The Balaban J connectivity index is 1.99. The van der Waals surface area contributed by atoms with E-state index in [2.05, 4.69) is 10.3 Å². The number of hydrogen-bond donors (Lipinski definition) is 1. The van der Waals surface area contributed by atoms with Crippen LogP contribution in [0.25, 0.3) is 0 Å². The molecule has 0 amide bonds. The standard InChI is InChI=1S/C13H12ClFN2O/c1-18-13-5-2-9(8-17-13)7-16-10-3-4-11(14)12(15)6-10/h2-6,8,16H,7H2,1H3. The Bertz CT molecular complexity index is 531. The highest BCUT2D eigenvalue weighted by atomic mass is 35.5. The van der Waals surface area contributed by atoms with Crippen molar-refractivity contribution in [3.63, 3.8) is 0 Å². The molecule has 0 aliphatic carbocycles. The number of anilines is 1. The van der Waals surface area contributed by atoms with Gasteiger partial charge >= 0.3 is 0 Å². The van der Waals surface area contributed by atoms with Crippen molar-refractivity contribution in [3.05, 3.63) is 52.9 Å². The van der Waals surface area contributed by atoms with Crippen LogP contribution in [-0.2, 0) is 6.54 Å². The molecule has 3 nitrogen and oxygen atoms in total. The summed E-state index contributed by atoms with van der Waals surface area (Å²) in [7, 11) is 1.57. The Morgan fingerprint density at radius 1 is 1.33 bits per heavy atom. The number of pyridine rings is 1. The predicted molar refractivity (Wildman–Crippen MR) is 69.5 cm³/mol. The molecule has 0 spiro atoms. The summed E-state index contributed by atoms with van der Waals surface area (Å²) in [5.74, 6) is 0.130. The van der Waals surface area contributed by atoms with Gasteiger partial charge in [0.1, 0.15) is 5.82 Å². The summed E-state index contributed by atoms with van der Waals surface area (Å²) < 4.78 is 18.2. The van der Waals surface area contributed by atoms with E-state index < -0.39 is 5.82 Å².